The van der Waals surface area contributed by atoms with E-state index in [2.05, 4.69) is 15.5 Å². The fourth-order valence-corrected chi connectivity index (χ4v) is 3.78. The summed E-state index contributed by atoms with van der Waals surface area (Å²) in [6, 6.07) is 13.7. The van der Waals surface area contributed by atoms with Crippen LogP contribution in [0.3, 0.4) is 0 Å². The molecule has 0 saturated heterocycles. The van der Waals surface area contributed by atoms with Gasteiger partial charge in [0.15, 0.2) is 5.82 Å². The van der Waals surface area contributed by atoms with Gasteiger partial charge in [-0.2, -0.15) is 10.2 Å². The molecular weight excluding hydrogens is 452 g/mol. The van der Waals surface area contributed by atoms with Crippen LogP contribution in [0.25, 0.3) is 0 Å². The predicted molar refractivity (Wildman–Crippen MR) is 123 cm³/mol. The minimum absolute atomic E-state index is 0.0854. The number of anilines is 1. The normalized spacial score (nSPS) is 11.0. The van der Waals surface area contributed by atoms with Crippen LogP contribution in [0, 0.1) is 19.7 Å². The van der Waals surface area contributed by atoms with Crippen molar-refractivity contribution in [3.63, 3.8) is 0 Å². The van der Waals surface area contributed by atoms with Gasteiger partial charge in [0.2, 0.25) is 0 Å². The van der Waals surface area contributed by atoms with Gasteiger partial charge in [-0.3, -0.25) is 14.2 Å². The average Bonchev–Trinajstić information content (AvgIpc) is 3.25. The van der Waals surface area contributed by atoms with Crippen LogP contribution >= 0.6 is 23.2 Å². The van der Waals surface area contributed by atoms with E-state index in [4.69, 9.17) is 23.2 Å². The SMILES string of the molecule is Cc1cc(C)n(Cc2ccc(C(=O)Nc3nn(Cc4c(F)cccc4Cl)cc3Cl)cc2)n1. The molecule has 9 heteroatoms. The molecule has 0 bridgehead atoms. The zero-order valence-corrected chi connectivity index (χ0v) is 19.0. The summed E-state index contributed by atoms with van der Waals surface area (Å²) < 4.78 is 17.4. The summed E-state index contributed by atoms with van der Waals surface area (Å²) >= 11 is 12.3. The second-order valence-electron chi connectivity index (χ2n) is 7.46. The molecule has 1 N–H and O–H groups in total. The summed E-state index contributed by atoms with van der Waals surface area (Å²) in [7, 11) is 0. The Morgan fingerprint density at radius 1 is 1.03 bits per heavy atom. The monoisotopic (exact) mass is 471 g/mol. The Morgan fingerprint density at radius 3 is 2.44 bits per heavy atom. The third-order valence-corrected chi connectivity index (χ3v) is 5.61. The van der Waals surface area contributed by atoms with Crippen molar-refractivity contribution in [1.29, 1.82) is 0 Å². The molecule has 0 aliphatic heterocycles. The highest BCUT2D eigenvalue weighted by Crippen LogP contribution is 2.24. The zero-order valence-electron chi connectivity index (χ0n) is 17.4. The Labute approximate surface area is 194 Å². The molecule has 0 spiro atoms. The number of hydrogen-bond acceptors (Lipinski definition) is 3. The first-order valence-electron chi connectivity index (χ1n) is 9.87. The van der Waals surface area contributed by atoms with E-state index >= 15 is 0 Å². The van der Waals surface area contributed by atoms with Crippen molar-refractivity contribution >= 4 is 34.9 Å². The number of halogens is 3. The van der Waals surface area contributed by atoms with E-state index in [0.717, 1.165) is 17.0 Å². The first-order valence-corrected chi connectivity index (χ1v) is 10.6. The lowest BCUT2D eigenvalue weighted by Gasteiger charge is -2.07. The number of aryl methyl sites for hydroxylation is 2. The number of aromatic nitrogens is 4. The number of nitrogens with one attached hydrogen (secondary N) is 1. The van der Waals surface area contributed by atoms with E-state index in [1.807, 2.05) is 36.7 Å². The van der Waals surface area contributed by atoms with Crippen LogP contribution in [0.5, 0.6) is 0 Å². The van der Waals surface area contributed by atoms with Crippen LogP contribution < -0.4 is 5.32 Å². The number of amides is 1. The molecule has 0 fully saturated rings. The van der Waals surface area contributed by atoms with E-state index in [1.54, 1.807) is 18.2 Å². The van der Waals surface area contributed by atoms with Crippen LogP contribution in [0.2, 0.25) is 10.0 Å². The van der Waals surface area contributed by atoms with Crippen LogP contribution in [0.4, 0.5) is 10.2 Å². The predicted octanol–water partition coefficient (Wildman–Crippen LogP) is 5.49. The quantitative estimate of drug-likeness (QED) is 0.404. The highest BCUT2D eigenvalue weighted by molar-refractivity contribution is 6.33. The van der Waals surface area contributed by atoms with Crippen LogP contribution in [0.1, 0.15) is 32.9 Å². The second kappa shape index (κ2) is 9.14. The smallest absolute Gasteiger partial charge is 0.256 e. The van der Waals surface area contributed by atoms with Crippen molar-refractivity contribution in [2.45, 2.75) is 26.9 Å². The molecule has 32 heavy (non-hydrogen) atoms. The number of carbonyl (C=O) groups excluding carboxylic acids is 1. The first-order chi connectivity index (χ1) is 15.3. The van der Waals surface area contributed by atoms with Gasteiger partial charge in [0.25, 0.3) is 5.91 Å². The topological polar surface area (TPSA) is 64.7 Å². The standard InChI is InChI=1S/C23H20Cl2FN5O/c1-14-10-15(2)31(28-14)11-16-6-8-17(9-7-16)23(32)27-22-20(25)13-30(29-22)12-18-19(24)4-3-5-21(18)26/h3-10,13H,11-12H2,1-2H3,(H,27,29,32). The Morgan fingerprint density at radius 2 is 1.78 bits per heavy atom. The van der Waals surface area contributed by atoms with Gasteiger partial charge in [0.1, 0.15) is 10.8 Å². The number of hydrogen-bond donors (Lipinski definition) is 1. The maximum absolute atomic E-state index is 14.0. The maximum atomic E-state index is 14.0. The van der Waals surface area contributed by atoms with E-state index in [0.29, 0.717) is 22.7 Å². The van der Waals surface area contributed by atoms with Crippen LogP contribution in [0.15, 0.2) is 54.7 Å². The van der Waals surface area contributed by atoms with Crippen molar-refractivity contribution < 1.29 is 9.18 Å². The fourth-order valence-electron chi connectivity index (χ4n) is 3.36. The maximum Gasteiger partial charge on any atom is 0.256 e. The lowest BCUT2D eigenvalue weighted by molar-refractivity contribution is 0.102. The Bertz CT molecular complexity index is 1260. The molecule has 164 valence electrons. The molecule has 1 amide bonds. The molecule has 0 aliphatic rings. The minimum atomic E-state index is -0.435. The Kier molecular flexibility index (Phi) is 6.30. The third kappa shape index (κ3) is 4.84. The highest BCUT2D eigenvalue weighted by Gasteiger charge is 2.15. The van der Waals surface area contributed by atoms with Gasteiger partial charge in [0.05, 0.1) is 18.8 Å². The van der Waals surface area contributed by atoms with Gasteiger partial charge < -0.3 is 5.32 Å². The van der Waals surface area contributed by atoms with Crippen LogP contribution in [-0.2, 0) is 13.1 Å². The van der Waals surface area contributed by atoms with Crippen molar-refractivity contribution in [2.24, 2.45) is 0 Å². The van der Waals surface area contributed by atoms with Crippen molar-refractivity contribution in [1.82, 2.24) is 19.6 Å². The third-order valence-electron chi connectivity index (χ3n) is 4.98. The zero-order chi connectivity index (χ0) is 22.8. The summed E-state index contributed by atoms with van der Waals surface area (Å²) in [6.45, 7) is 4.66. The summed E-state index contributed by atoms with van der Waals surface area (Å²) in [5.74, 6) is -0.593. The molecule has 4 aromatic rings. The Balaban J connectivity index is 1.44. The molecule has 2 heterocycles. The van der Waals surface area contributed by atoms with E-state index in [-0.39, 0.29) is 23.3 Å². The summed E-state index contributed by atoms with van der Waals surface area (Å²) in [5, 5.41) is 11.9. The largest absolute Gasteiger partial charge is 0.304 e. The minimum Gasteiger partial charge on any atom is -0.304 e. The van der Waals surface area contributed by atoms with Gasteiger partial charge in [-0.25, -0.2) is 4.39 Å². The lowest BCUT2D eigenvalue weighted by Crippen LogP contribution is -2.13. The van der Waals surface area contributed by atoms with E-state index in [9.17, 15) is 9.18 Å². The summed E-state index contributed by atoms with van der Waals surface area (Å²) in [6.07, 6.45) is 1.51. The molecule has 6 nitrogen and oxygen atoms in total. The highest BCUT2D eigenvalue weighted by atomic mass is 35.5. The van der Waals surface area contributed by atoms with Gasteiger partial charge in [0, 0.05) is 28.0 Å². The number of carbonyl (C=O) groups is 1. The Hall–Kier alpha value is -3.16. The van der Waals surface area contributed by atoms with Gasteiger partial charge in [-0.05, 0) is 49.7 Å². The molecule has 0 unspecified atom stereocenters. The molecule has 4 rings (SSSR count). The molecule has 2 aromatic heterocycles. The number of nitrogens with zero attached hydrogens (tertiary/aromatic N) is 4. The summed E-state index contributed by atoms with van der Waals surface area (Å²) in [5.41, 5.74) is 3.82. The summed E-state index contributed by atoms with van der Waals surface area (Å²) in [4.78, 5) is 12.7. The molecular formula is C23H20Cl2FN5O. The molecule has 0 aliphatic carbocycles. The van der Waals surface area contributed by atoms with Crippen molar-refractivity contribution in [3.8, 4) is 0 Å². The molecule has 0 radical (unpaired) electrons. The molecule has 0 atom stereocenters. The fraction of sp³-hybridized carbons (Fsp3) is 0.174. The van der Waals surface area contributed by atoms with E-state index in [1.165, 1.54) is 23.0 Å². The lowest BCUT2D eigenvalue weighted by atomic mass is 10.1. The van der Waals surface area contributed by atoms with Crippen molar-refractivity contribution in [2.75, 3.05) is 5.32 Å². The van der Waals surface area contributed by atoms with Gasteiger partial charge in [-0.15, -0.1) is 0 Å². The first kappa shape index (κ1) is 22.0. The number of rotatable bonds is 6. The van der Waals surface area contributed by atoms with Crippen LogP contribution in [-0.4, -0.2) is 25.5 Å². The van der Waals surface area contributed by atoms with E-state index < -0.39 is 5.82 Å². The molecule has 0 saturated carbocycles. The second-order valence-corrected chi connectivity index (χ2v) is 8.27. The van der Waals surface area contributed by atoms with Gasteiger partial charge in [-0.1, -0.05) is 41.4 Å². The van der Waals surface area contributed by atoms with Gasteiger partial charge >= 0.3 is 0 Å². The molecule has 2 aromatic carbocycles. The average molecular weight is 472 g/mol. The van der Waals surface area contributed by atoms with Crippen molar-refractivity contribution in [3.05, 3.63) is 98.7 Å². The number of benzene rings is 2.